The van der Waals surface area contributed by atoms with E-state index in [1.807, 2.05) is 6.07 Å². The fraction of sp³-hybridized carbons (Fsp3) is 0.273. The lowest BCUT2D eigenvalue weighted by atomic mass is 10.2. The van der Waals surface area contributed by atoms with Gasteiger partial charge in [-0.15, -0.1) is 0 Å². The van der Waals surface area contributed by atoms with Gasteiger partial charge in [-0.3, -0.25) is 4.79 Å². The zero-order valence-electron chi connectivity index (χ0n) is 8.70. The van der Waals surface area contributed by atoms with E-state index in [4.69, 9.17) is 28.5 Å². The minimum absolute atomic E-state index is 0.147. The first kappa shape index (κ1) is 12.8. The van der Waals surface area contributed by atoms with E-state index < -0.39 is 0 Å². The standard InChI is InChI=1S/C11H10Cl2N2O/c1-15(11(16)3-2-6-14)10-5-4-8(12)7-9(10)13/h4-5,7H,2-3H2,1H3. The second-order valence-electron chi connectivity index (χ2n) is 3.21. The van der Waals surface area contributed by atoms with Gasteiger partial charge in [-0.2, -0.15) is 5.26 Å². The Kier molecular flexibility index (Phi) is 4.60. The third kappa shape index (κ3) is 3.13. The predicted molar refractivity (Wildman–Crippen MR) is 64.7 cm³/mol. The lowest BCUT2D eigenvalue weighted by Gasteiger charge is -2.18. The molecule has 1 amide bonds. The first-order chi connectivity index (χ1) is 7.56. The Hall–Kier alpha value is -1.24. The largest absolute Gasteiger partial charge is 0.314 e. The van der Waals surface area contributed by atoms with E-state index in [2.05, 4.69) is 0 Å². The zero-order chi connectivity index (χ0) is 12.1. The van der Waals surface area contributed by atoms with Crippen molar-refractivity contribution in [2.75, 3.05) is 11.9 Å². The highest BCUT2D eigenvalue weighted by Crippen LogP contribution is 2.28. The van der Waals surface area contributed by atoms with Gasteiger partial charge in [-0.05, 0) is 18.2 Å². The highest BCUT2D eigenvalue weighted by molar-refractivity contribution is 6.36. The van der Waals surface area contributed by atoms with Gasteiger partial charge in [-0.1, -0.05) is 23.2 Å². The first-order valence-electron chi connectivity index (χ1n) is 4.65. The van der Waals surface area contributed by atoms with Gasteiger partial charge in [0.2, 0.25) is 5.91 Å². The molecule has 0 aliphatic rings. The van der Waals surface area contributed by atoms with Gasteiger partial charge < -0.3 is 4.90 Å². The Labute approximate surface area is 104 Å². The second-order valence-corrected chi connectivity index (χ2v) is 4.05. The van der Waals surface area contributed by atoms with Gasteiger partial charge in [-0.25, -0.2) is 0 Å². The van der Waals surface area contributed by atoms with Crippen molar-refractivity contribution in [2.24, 2.45) is 0 Å². The maximum absolute atomic E-state index is 11.6. The molecule has 0 aliphatic carbocycles. The number of carbonyl (C=O) groups is 1. The molecule has 0 atom stereocenters. The third-order valence-corrected chi connectivity index (χ3v) is 2.63. The summed E-state index contributed by atoms with van der Waals surface area (Å²) in [6.45, 7) is 0. The van der Waals surface area contributed by atoms with Crippen molar-refractivity contribution in [3.63, 3.8) is 0 Å². The predicted octanol–water partition coefficient (Wildman–Crippen LogP) is 3.26. The van der Waals surface area contributed by atoms with E-state index in [1.165, 1.54) is 4.90 Å². The molecule has 0 saturated heterocycles. The van der Waals surface area contributed by atoms with Crippen LogP contribution >= 0.6 is 23.2 Å². The van der Waals surface area contributed by atoms with Crippen molar-refractivity contribution >= 4 is 34.8 Å². The summed E-state index contributed by atoms with van der Waals surface area (Å²) in [6.07, 6.45) is 0.389. The monoisotopic (exact) mass is 256 g/mol. The molecule has 0 aromatic heterocycles. The molecule has 16 heavy (non-hydrogen) atoms. The molecule has 1 aromatic rings. The van der Waals surface area contributed by atoms with E-state index in [1.54, 1.807) is 25.2 Å². The summed E-state index contributed by atoms with van der Waals surface area (Å²) >= 11 is 11.7. The molecule has 0 unspecified atom stereocenters. The van der Waals surface area contributed by atoms with Crippen LogP contribution in [0.15, 0.2) is 18.2 Å². The van der Waals surface area contributed by atoms with Crippen LogP contribution in [0.25, 0.3) is 0 Å². The summed E-state index contributed by atoms with van der Waals surface area (Å²) in [6, 6.07) is 6.84. The highest BCUT2D eigenvalue weighted by atomic mass is 35.5. The Morgan fingerprint density at radius 1 is 1.50 bits per heavy atom. The van der Waals surface area contributed by atoms with Crippen LogP contribution in [0.5, 0.6) is 0 Å². The smallest absolute Gasteiger partial charge is 0.227 e. The fourth-order valence-electron chi connectivity index (χ4n) is 1.22. The average Bonchev–Trinajstić information content (AvgIpc) is 2.25. The SMILES string of the molecule is CN(C(=O)CCC#N)c1ccc(Cl)cc1Cl. The third-order valence-electron chi connectivity index (χ3n) is 2.10. The maximum Gasteiger partial charge on any atom is 0.227 e. The van der Waals surface area contributed by atoms with Crippen molar-refractivity contribution in [1.82, 2.24) is 0 Å². The number of hydrogen-bond acceptors (Lipinski definition) is 2. The van der Waals surface area contributed by atoms with Crippen LogP contribution in [0, 0.1) is 11.3 Å². The number of amides is 1. The molecule has 0 N–H and O–H groups in total. The molecule has 0 spiro atoms. The van der Waals surface area contributed by atoms with E-state index in [0.717, 1.165) is 0 Å². The number of nitrogens with zero attached hydrogens (tertiary/aromatic N) is 2. The normalized spacial score (nSPS) is 9.62. The summed E-state index contributed by atoms with van der Waals surface area (Å²) in [5.74, 6) is -0.147. The molecule has 84 valence electrons. The van der Waals surface area contributed by atoms with Gasteiger partial charge >= 0.3 is 0 Å². The molecule has 5 heteroatoms. The summed E-state index contributed by atoms with van der Waals surface area (Å²) in [5, 5.41) is 9.33. The van der Waals surface area contributed by atoms with Gasteiger partial charge in [0.15, 0.2) is 0 Å². The van der Waals surface area contributed by atoms with Gasteiger partial charge in [0.05, 0.1) is 16.8 Å². The van der Waals surface area contributed by atoms with Crippen molar-refractivity contribution in [2.45, 2.75) is 12.8 Å². The number of rotatable bonds is 3. The number of anilines is 1. The number of halogens is 2. The zero-order valence-corrected chi connectivity index (χ0v) is 10.2. The summed E-state index contributed by atoms with van der Waals surface area (Å²) in [5.41, 5.74) is 0.592. The van der Waals surface area contributed by atoms with E-state index in [-0.39, 0.29) is 18.7 Å². The topological polar surface area (TPSA) is 44.1 Å². The molecule has 1 aromatic carbocycles. The lowest BCUT2D eigenvalue weighted by Crippen LogP contribution is -2.25. The highest BCUT2D eigenvalue weighted by Gasteiger charge is 2.13. The van der Waals surface area contributed by atoms with Crippen LogP contribution in [0.3, 0.4) is 0 Å². The molecule has 0 saturated carbocycles. The molecule has 0 fully saturated rings. The molecule has 0 bridgehead atoms. The summed E-state index contributed by atoms with van der Waals surface area (Å²) in [4.78, 5) is 13.0. The Bertz CT molecular complexity index is 440. The average molecular weight is 257 g/mol. The minimum atomic E-state index is -0.147. The van der Waals surface area contributed by atoms with Crippen LogP contribution in [0.2, 0.25) is 10.0 Å². The van der Waals surface area contributed by atoms with Crippen LogP contribution in [-0.2, 0) is 4.79 Å². The summed E-state index contributed by atoms with van der Waals surface area (Å²) < 4.78 is 0. The molecule has 3 nitrogen and oxygen atoms in total. The van der Waals surface area contributed by atoms with Crippen LogP contribution < -0.4 is 4.90 Å². The van der Waals surface area contributed by atoms with E-state index >= 15 is 0 Å². The molecule has 0 heterocycles. The Morgan fingerprint density at radius 2 is 2.19 bits per heavy atom. The van der Waals surface area contributed by atoms with E-state index in [0.29, 0.717) is 15.7 Å². The number of hydrogen-bond donors (Lipinski definition) is 0. The maximum atomic E-state index is 11.6. The first-order valence-corrected chi connectivity index (χ1v) is 5.40. The van der Waals surface area contributed by atoms with Crippen LogP contribution in [0.1, 0.15) is 12.8 Å². The van der Waals surface area contributed by atoms with Crippen LogP contribution in [-0.4, -0.2) is 13.0 Å². The van der Waals surface area contributed by atoms with Gasteiger partial charge in [0.1, 0.15) is 0 Å². The fourth-order valence-corrected chi connectivity index (χ4v) is 1.75. The molecular weight excluding hydrogens is 247 g/mol. The van der Waals surface area contributed by atoms with Crippen molar-refractivity contribution in [1.29, 1.82) is 5.26 Å². The Balaban J connectivity index is 2.84. The number of carbonyl (C=O) groups excluding carboxylic acids is 1. The van der Waals surface area contributed by atoms with Gasteiger partial charge in [0, 0.05) is 24.9 Å². The molecule has 0 aliphatic heterocycles. The molecule has 0 radical (unpaired) electrons. The Morgan fingerprint density at radius 3 is 2.75 bits per heavy atom. The second kappa shape index (κ2) is 5.74. The van der Waals surface area contributed by atoms with Crippen molar-refractivity contribution < 1.29 is 4.79 Å². The van der Waals surface area contributed by atoms with Crippen LogP contribution in [0.4, 0.5) is 5.69 Å². The van der Waals surface area contributed by atoms with Crippen molar-refractivity contribution in [3.8, 4) is 6.07 Å². The minimum Gasteiger partial charge on any atom is -0.314 e. The van der Waals surface area contributed by atoms with E-state index in [9.17, 15) is 4.79 Å². The molecular formula is C11H10Cl2N2O. The number of nitriles is 1. The van der Waals surface area contributed by atoms with Crippen molar-refractivity contribution in [3.05, 3.63) is 28.2 Å². The number of benzene rings is 1. The van der Waals surface area contributed by atoms with Gasteiger partial charge in [0.25, 0.3) is 0 Å². The summed E-state index contributed by atoms with van der Waals surface area (Å²) in [7, 11) is 1.62. The lowest BCUT2D eigenvalue weighted by molar-refractivity contribution is -0.118. The quantitative estimate of drug-likeness (QED) is 0.834. The molecule has 1 rings (SSSR count).